The summed E-state index contributed by atoms with van der Waals surface area (Å²) < 4.78 is 39.5. The monoisotopic (exact) mass is 573 g/mol. The number of hydrogen-bond donors (Lipinski definition) is 1. The zero-order chi connectivity index (χ0) is 28.6. The van der Waals surface area contributed by atoms with Crippen LogP contribution in [-0.4, -0.2) is 59.0 Å². The van der Waals surface area contributed by atoms with Crippen molar-refractivity contribution in [2.45, 2.75) is 30.8 Å². The number of nitrogens with zero attached hydrogens (tertiary/aromatic N) is 2. The molecule has 0 aliphatic carbocycles. The second-order valence-corrected chi connectivity index (χ2v) is 10.8. The Morgan fingerprint density at radius 1 is 0.949 bits per heavy atom. The molecule has 208 valence electrons. The van der Waals surface area contributed by atoms with Gasteiger partial charge in [-0.25, -0.2) is 8.42 Å². The molecule has 0 aliphatic heterocycles. The van der Waals surface area contributed by atoms with Gasteiger partial charge in [-0.15, -0.1) is 0 Å². The number of nitrogens with one attached hydrogen (secondary N) is 1. The molecule has 0 saturated carbocycles. The van der Waals surface area contributed by atoms with E-state index in [2.05, 4.69) is 5.32 Å². The summed E-state index contributed by atoms with van der Waals surface area (Å²) in [5.41, 5.74) is 1.03. The third kappa shape index (κ3) is 7.01. The number of carbonyl (C=O) groups is 2. The molecule has 0 saturated heterocycles. The van der Waals surface area contributed by atoms with Crippen molar-refractivity contribution >= 4 is 39.1 Å². The van der Waals surface area contributed by atoms with Crippen LogP contribution in [0.15, 0.2) is 77.7 Å². The standard InChI is InChI=1S/C28H32ClN3O6S/c1-5-24(28(34)30-2)31(18-20-11-13-21(29)14-12-20)27(33)19-32(22-9-7-6-8-10-22)39(35,36)23-15-16-25(37-3)26(17-23)38-4/h6-17,24H,5,18-19H2,1-4H3,(H,30,34)/t24-/m0/s1. The normalized spacial score (nSPS) is 11.8. The Morgan fingerprint density at radius 2 is 1.59 bits per heavy atom. The van der Waals surface area contributed by atoms with E-state index < -0.39 is 28.5 Å². The smallest absolute Gasteiger partial charge is 0.264 e. The van der Waals surface area contributed by atoms with Crippen LogP contribution in [-0.2, 0) is 26.2 Å². The van der Waals surface area contributed by atoms with Crippen LogP contribution in [0.3, 0.4) is 0 Å². The number of anilines is 1. The van der Waals surface area contributed by atoms with E-state index in [1.165, 1.54) is 44.4 Å². The highest BCUT2D eigenvalue weighted by Crippen LogP contribution is 2.32. The second-order valence-electron chi connectivity index (χ2n) is 8.55. The van der Waals surface area contributed by atoms with Crippen LogP contribution in [0.2, 0.25) is 5.02 Å². The molecule has 0 unspecified atom stereocenters. The van der Waals surface area contributed by atoms with Gasteiger partial charge in [0.15, 0.2) is 11.5 Å². The summed E-state index contributed by atoms with van der Waals surface area (Å²) >= 11 is 6.02. The number of hydrogen-bond acceptors (Lipinski definition) is 6. The van der Waals surface area contributed by atoms with E-state index in [1.54, 1.807) is 61.5 Å². The number of rotatable bonds is 12. The lowest BCUT2D eigenvalue weighted by Crippen LogP contribution is -2.51. The largest absolute Gasteiger partial charge is 0.493 e. The molecule has 3 aromatic carbocycles. The second kappa shape index (κ2) is 13.3. The summed E-state index contributed by atoms with van der Waals surface area (Å²) in [6.07, 6.45) is 0.326. The van der Waals surface area contributed by atoms with Crippen LogP contribution in [0.25, 0.3) is 0 Å². The number of sulfonamides is 1. The Kier molecular flexibility index (Phi) is 10.2. The van der Waals surface area contributed by atoms with Gasteiger partial charge in [0.2, 0.25) is 11.8 Å². The molecule has 0 bridgehead atoms. The van der Waals surface area contributed by atoms with E-state index in [1.807, 2.05) is 0 Å². The van der Waals surface area contributed by atoms with Crippen molar-refractivity contribution in [3.63, 3.8) is 0 Å². The molecule has 11 heteroatoms. The number of carbonyl (C=O) groups excluding carboxylic acids is 2. The number of amides is 2. The molecule has 39 heavy (non-hydrogen) atoms. The predicted octanol–water partition coefficient (Wildman–Crippen LogP) is 4.11. The number of ether oxygens (including phenoxy) is 2. The van der Waals surface area contributed by atoms with Crippen LogP contribution in [0.4, 0.5) is 5.69 Å². The molecule has 0 heterocycles. The Labute approximate surface area is 234 Å². The SMILES string of the molecule is CC[C@@H](C(=O)NC)N(Cc1ccc(Cl)cc1)C(=O)CN(c1ccccc1)S(=O)(=O)c1ccc(OC)c(OC)c1. The minimum atomic E-state index is -4.24. The van der Waals surface area contributed by atoms with Crippen molar-refractivity contribution in [1.29, 1.82) is 0 Å². The van der Waals surface area contributed by atoms with Gasteiger partial charge in [-0.05, 0) is 48.4 Å². The quantitative estimate of drug-likeness (QED) is 0.350. The van der Waals surface area contributed by atoms with Gasteiger partial charge in [0.05, 0.1) is 24.8 Å². The molecule has 3 rings (SSSR count). The molecule has 0 spiro atoms. The van der Waals surface area contributed by atoms with Gasteiger partial charge in [-0.2, -0.15) is 0 Å². The van der Waals surface area contributed by atoms with E-state index in [0.717, 1.165) is 9.87 Å². The summed E-state index contributed by atoms with van der Waals surface area (Å²) in [6.45, 7) is 1.33. The van der Waals surface area contributed by atoms with Crippen molar-refractivity contribution in [3.8, 4) is 11.5 Å². The fraction of sp³-hybridized carbons (Fsp3) is 0.286. The highest BCUT2D eigenvalue weighted by atomic mass is 35.5. The lowest BCUT2D eigenvalue weighted by molar-refractivity contribution is -0.140. The summed E-state index contributed by atoms with van der Waals surface area (Å²) in [6, 6.07) is 18.6. The maximum Gasteiger partial charge on any atom is 0.264 e. The fourth-order valence-electron chi connectivity index (χ4n) is 4.10. The van der Waals surface area contributed by atoms with Crippen molar-refractivity contribution in [2.24, 2.45) is 0 Å². The van der Waals surface area contributed by atoms with Gasteiger partial charge in [0.1, 0.15) is 12.6 Å². The maximum atomic E-state index is 13.9. The lowest BCUT2D eigenvalue weighted by Gasteiger charge is -2.33. The Hall–Kier alpha value is -3.76. The molecule has 0 fully saturated rings. The summed E-state index contributed by atoms with van der Waals surface area (Å²) in [5.74, 6) is -0.306. The summed E-state index contributed by atoms with van der Waals surface area (Å²) in [5, 5.41) is 3.13. The number of halogens is 1. The topological polar surface area (TPSA) is 105 Å². The molecule has 0 aliphatic rings. The zero-order valence-corrected chi connectivity index (χ0v) is 23.8. The van der Waals surface area contributed by atoms with Gasteiger partial charge in [-0.3, -0.25) is 13.9 Å². The van der Waals surface area contributed by atoms with Crippen LogP contribution in [0, 0.1) is 0 Å². The molecular formula is C28H32ClN3O6S. The van der Waals surface area contributed by atoms with Crippen molar-refractivity contribution in [3.05, 3.63) is 83.4 Å². The molecule has 1 N–H and O–H groups in total. The summed E-state index contributed by atoms with van der Waals surface area (Å²) in [4.78, 5) is 28.0. The van der Waals surface area contributed by atoms with Crippen LogP contribution in [0.1, 0.15) is 18.9 Å². The van der Waals surface area contributed by atoms with E-state index in [-0.39, 0.29) is 23.1 Å². The lowest BCUT2D eigenvalue weighted by atomic mass is 10.1. The number of para-hydroxylation sites is 1. The Bertz CT molecular complexity index is 1380. The minimum absolute atomic E-state index is 0.0839. The number of benzene rings is 3. The minimum Gasteiger partial charge on any atom is -0.493 e. The predicted molar refractivity (Wildman–Crippen MR) is 151 cm³/mol. The van der Waals surface area contributed by atoms with E-state index in [9.17, 15) is 18.0 Å². The van der Waals surface area contributed by atoms with Gasteiger partial charge >= 0.3 is 0 Å². The van der Waals surface area contributed by atoms with E-state index >= 15 is 0 Å². The Morgan fingerprint density at radius 3 is 2.15 bits per heavy atom. The first-order valence-electron chi connectivity index (χ1n) is 12.2. The Balaban J connectivity index is 2.06. The third-order valence-corrected chi connectivity index (χ3v) is 8.19. The van der Waals surface area contributed by atoms with Crippen LogP contribution < -0.4 is 19.1 Å². The van der Waals surface area contributed by atoms with Gasteiger partial charge in [0.25, 0.3) is 10.0 Å². The first-order chi connectivity index (χ1) is 18.7. The maximum absolute atomic E-state index is 13.9. The molecule has 1 atom stereocenters. The highest BCUT2D eigenvalue weighted by Gasteiger charge is 2.33. The van der Waals surface area contributed by atoms with Crippen molar-refractivity contribution < 1.29 is 27.5 Å². The fourth-order valence-corrected chi connectivity index (χ4v) is 5.66. The molecule has 3 aromatic rings. The molecule has 2 amide bonds. The molecular weight excluding hydrogens is 542 g/mol. The average Bonchev–Trinajstić information content (AvgIpc) is 2.96. The number of methoxy groups -OCH3 is 2. The van der Waals surface area contributed by atoms with Crippen molar-refractivity contribution in [2.75, 3.05) is 32.1 Å². The first-order valence-corrected chi connectivity index (χ1v) is 14.0. The van der Waals surface area contributed by atoms with E-state index in [0.29, 0.717) is 22.9 Å². The first kappa shape index (κ1) is 29.8. The van der Waals surface area contributed by atoms with Gasteiger partial charge in [-0.1, -0.05) is 48.9 Å². The van der Waals surface area contributed by atoms with Crippen LogP contribution >= 0.6 is 11.6 Å². The van der Waals surface area contributed by atoms with Crippen LogP contribution in [0.5, 0.6) is 11.5 Å². The molecule has 9 nitrogen and oxygen atoms in total. The van der Waals surface area contributed by atoms with Gasteiger partial charge in [0, 0.05) is 24.7 Å². The van der Waals surface area contributed by atoms with Crippen molar-refractivity contribution in [1.82, 2.24) is 10.2 Å². The molecule has 0 radical (unpaired) electrons. The number of likely N-dealkylation sites (N-methyl/N-ethyl adjacent to an activating group) is 1. The zero-order valence-electron chi connectivity index (χ0n) is 22.3. The van der Waals surface area contributed by atoms with E-state index in [4.69, 9.17) is 21.1 Å². The summed E-state index contributed by atoms with van der Waals surface area (Å²) in [7, 11) is 0.108. The molecule has 0 aromatic heterocycles. The van der Waals surface area contributed by atoms with Gasteiger partial charge < -0.3 is 19.7 Å². The third-order valence-electron chi connectivity index (χ3n) is 6.16. The highest BCUT2D eigenvalue weighted by molar-refractivity contribution is 7.92. The average molecular weight is 574 g/mol.